The lowest BCUT2D eigenvalue weighted by molar-refractivity contribution is -0.113. The van der Waals surface area contributed by atoms with Crippen LogP contribution in [0.5, 0.6) is 0 Å². The van der Waals surface area contributed by atoms with Gasteiger partial charge in [0.05, 0.1) is 6.54 Å². The van der Waals surface area contributed by atoms with Crippen LogP contribution in [-0.4, -0.2) is 16.0 Å². The van der Waals surface area contributed by atoms with Gasteiger partial charge in [-0.05, 0) is 41.9 Å². The van der Waals surface area contributed by atoms with Crippen LogP contribution in [0.15, 0.2) is 89.5 Å². The minimum absolute atomic E-state index is 0.182. The maximum Gasteiger partial charge on any atom is 0.306 e. The molecule has 1 aromatic heterocycles. The molecular weight excluding hydrogens is 374 g/mol. The topological polar surface area (TPSA) is 59.2 Å². The number of hydrogen-bond donors (Lipinski definition) is 0. The number of amides is 1. The number of rotatable bonds is 4. The molecule has 3 aromatic carbocycles. The molecule has 0 fully saturated rings. The maximum atomic E-state index is 12.9. The number of aryl methyl sites for hydroxylation is 1. The summed E-state index contributed by atoms with van der Waals surface area (Å²) in [5.74, 6) is 5.72. The monoisotopic (exact) mass is 393 g/mol. The summed E-state index contributed by atoms with van der Waals surface area (Å²) in [6.45, 7) is 2.30. The SMILES string of the molecule is Cc1ccc(-c2nc(N(Cc3ccccc3)C(=O)C#Cc3ccccc3)no2)cc1. The molecule has 0 saturated carbocycles. The number of hydrogen-bond acceptors (Lipinski definition) is 4. The fraction of sp³-hybridized carbons (Fsp3) is 0.0800. The molecule has 5 heteroatoms. The first-order chi connectivity index (χ1) is 14.7. The highest BCUT2D eigenvalue weighted by molar-refractivity contribution is 6.05. The lowest BCUT2D eigenvalue weighted by Crippen LogP contribution is -2.30. The average Bonchev–Trinajstić information content (AvgIpc) is 3.27. The molecule has 0 radical (unpaired) electrons. The van der Waals surface area contributed by atoms with E-state index in [2.05, 4.69) is 22.0 Å². The van der Waals surface area contributed by atoms with E-state index in [1.54, 1.807) is 0 Å². The van der Waals surface area contributed by atoms with Gasteiger partial charge in [0.25, 0.3) is 11.8 Å². The third kappa shape index (κ3) is 4.62. The summed E-state index contributed by atoms with van der Waals surface area (Å²) in [5.41, 5.74) is 3.63. The first kappa shape index (κ1) is 19.2. The van der Waals surface area contributed by atoms with E-state index in [-0.39, 0.29) is 12.5 Å². The van der Waals surface area contributed by atoms with E-state index in [0.29, 0.717) is 5.89 Å². The lowest BCUT2D eigenvalue weighted by atomic mass is 10.1. The standard InChI is InChI=1S/C25H19N3O2/c1-19-12-15-22(16-13-19)24-26-25(27-30-24)28(18-21-10-6-3-7-11-21)23(29)17-14-20-8-4-2-5-9-20/h2-13,15-16H,18H2,1H3. The summed E-state index contributed by atoms with van der Waals surface area (Å²) in [5, 5.41) is 4.04. The molecule has 0 aliphatic rings. The smallest absolute Gasteiger partial charge is 0.306 e. The van der Waals surface area contributed by atoms with Crippen molar-refractivity contribution in [3.05, 3.63) is 102 Å². The van der Waals surface area contributed by atoms with E-state index in [9.17, 15) is 4.79 Å². The van der Waals surface area contributed by atoms with Gasteiger partial charge in [-0.2, -0.15) is 4.98 Å². The Bertz CT molecular complexity index is 1190. The van der Waals surface area contributed by atoms with Crippen LogP contribution in [0.4, 0.5) is 5.95 Å². The summed E-state index contributed by atoms with van der Waals surface area (Å²) in [6, 6.07) is 26.8. The molecule has 0 spiro atoms. The van der Waals surface area contributed by atoms with E-state index >= 15 is 0 Å². The lowest BCUT2D eigenvalue weighted by Gasteiger charge is -2.15. The molecule has 5 nitrogen and oxygen atoms in total. The zero-order valence-electron chi connectivity index (χ0n) is 16.4. The highest BCUT2D eigenvalue weighted by atomic mass is 16.5. The summed E-state index contributed by atoms with van der Waals surface area (Å²) in [4.78, 5) is 18.8. The molecule has 0 aliphatic carbocycles. The van der Waals surface area contributed by atoms with E-state index in [0.717, 1.165) is 22.3 Å². The average molecular weight is 393 g/mol. The highest BCUT2D eigenvalue weighted by Gasteiger charge is 2.21. The third-order valence-corrected chi connectivity index (χ3v) is 4.47. The van der Waals surface area contributed by atoms with Gasteiger partial charge in [-0.25, -0.2) is 0 Å². The Kier molecular flexibility index (Phi) is 5.68. The van der Waals surface area contributed by atoms with Gasteiger partial charge < -0.3 is 4.52 Å². The van der Waals surface area contributed by atoms with Gasteiger partial charge >= 0.3 is 5.91 Å². The number of carbonyl (C=O) groups excluding carboxylic acids is 1. The number of nitrogens with zero attached hydrogens (tertiary/aromatic N) is 3. The van der Waals surface area contributed by atoms with E-state index in [1.807, 2.05) is 91.9 Å². The van der Waals surface area contributed by atoms with Gasteiger partial charge in [0, 0.05) is 17.0 Å². The molecule has 0 atom stereocenters. The van der Waals surface area contributed by atoms with Crippen molar-refractivity contribution in [1.82, 2.24) is 10.1 Å². The molecule has 0 unspecified atom stereocenters. The van der Waals surface area contributed by atoms with Gasteiger partial charge in [0.2, 0.25) is 0 Å². The second-order valence-corrected chi connectivity index (χ2v) is 6.76. The van der Waals surface area contributed by atoms with Gasteiger partial charge in [-0.15, -0.1) is 0 Å². The minimum atomic E-state index is -0.404. The molecule has 146 valence electrons. The molecule has 0 N–H and O–H groups in total. The van der Waals surface area contributed by atoms with E-state index in [4.69, 9.17) is 4.52 Å². The zero-order chi connectivity index (χ0) is 20.8. The number of benzene rings is 3. The van der Waals surface area contributed by atoms with Crippen molar-refractivity contribution in [2.75, 3.05) is 4.90 Å². The van der Waals surface area contributed by atoms with Crippen molar-refractivity contribution in [1.29, 1.82) is 0 Å². The van der Waals surface area contributed by atoms with Crippen LogP contribution in [0, 0.1) is 18.8 Å². The second kappa shape index (κ2) is 8.89. The Labute approximate surface area is 175 Å². The molecule has 0 aliphatic heterocycles. The van der Waals surface area contributed by atoms with Crippen molar-refractivity contribution in [3.8, 4) is 23.3 Å². The molecule has 4 rings (SSSR count). The Balaban J connectivity index is 1.64. The minimum Gasteiger partial charge on any atom is -0.332 e. The van der Waals surface area contributed by atoms with Crippen LogP contribution in [0.3, 0.4) is 0 Å². The molecule has 1 amide bonds. The fourth-order valence-corrected chi connectivity index (χ4v) is 2.85. The second-order valence-electron chi connectivity index (χ2n) is 6.76. The van der Waals surface area contributed by atoms with Crippen LogP contribution in [0.2, 0.25) is 0 Å². The molecule has 1 heterocycles. The predicted octanol–water partition coefficient (Wildman–Crippen LogP) is 4.63. The van der Waals surface area contributed by atoms with Crippen LogP contribution >= 0.6 is 0 Å². The quantitative estimate of drug-likeness (QED) is 0.474. The van der Waals surface area contributed by atoms with Crippen molar-refractivity contribution in [3.63, 3.8) is 0 Å². The molecule has 30 heavy (non-hydrogen) atoms. The Morgan fingerprint density at radius 1 is 0.933 bits per heavy atom. The fourth-order valence-electron chi connectivity index (χ4n) is 2.85. The van der Waals surface area contributed by atoms with Crippen molar-refractivity contribution < 1.29 is 9.32 Å². The van der Waals surface area contributed by atoms with Gasteiger partial charge in [0.1, 0.15) is 0 Å². The highest BCUT2D eigenvalue weighted by Crippen LogP contribution is 2.22. The van der Waals surface area contributed by atoms with E-state index in [1.165, 1.54) is 4.90 Å². The first-order valence-corrected chi connectivity index (χ1v) is 9.52. The van der Waals surface area contributed by atoms with Crippen LogP contribution in [0.1, 0.15) is 16.7 Å². The number of aromatic nitrogens is 2. The first-order valence-electron chi connectivity index (χ1n) is 9.52. The van der Waals surface area contributed by atoms with Crippen LogP contribution < -0.4 is 4.90 Å². The normalized spacial score (nSPS) is 10.2. The van der Waals surface area contributed by atoms with Crippen molar-refractivity contribution >= 4 is 11.9 Å². The van der Waals surface area contributed by atoms with Crippen molar-refractivity contribution in [2.24, 2.45) is 0 Å². The Morgan fingerprint density at radius 3 is 2.30 bits per heavy atom. The Morgan fingerprint density at radius 2 is 1.60 bits per heavy atom. The summed E-state index contributed by atoms with van der Waals surface area (Å²) in [7, 11) is 0. The van der Waals surface area contributed by atoms with Crippen LogP contribution in [0.25, 0.3) is 11.5 Å². The summed E-state index contributed by atoms with van der Waals surface area (Å²) in [6.07, 6.45) is 0. The largest absolute Gasteiger partial charge is 0.332 e. The number of anilines is 1. The van der Waals surface area contributed by atoms with Gasteiger partial charge in [0.15, 0.2) is 0 Å². The zero-order valence-corrected chi connectivity index (χ0v) is 16.4. The summed E-state index contributed by atoms with van der Waals surface area (Å²) < 4.78 is 5.42. The molecule has 0 bridgehead atoms. The van der Waals surface area contributed by atoms with Gasteiger partial charge in [-0.3, -0.25) is 9.69 Å². The third-order valence-electron chi connectivity index (χ3n) is 4.47. The number of carbonyl (C=O) groups is 1. The van der Waals surface area contributed by atoms with Crippen molar-refractivity contribution in [2.45, 2.75) is 13.5 Å². The Hall–Kier alpha value is -4.17. The van der Waals surface area contributed by atoms with E-state index < -0.39 is 5.91 Å². The predicted molar refractivity (Wildman–Crippen MR) is 115 cm³/mol. The van der Waals surface area contributed by atoms with Crippen LogP contribution in [-0.2, 0) is 11.3 Å². The molecular formula is C25H19N3O2. The molecule has 0 saturated heterocycles. The van der Waals surface area contributed by atoms with Gasteiger partial charge in [-0.1, -0.05) is 72.1 Å². The summed E-state index contributed by atoms with van der Waals surface area (Å²) >= 11 is 0. The molecule has 4 aromatic rings. The maximum absolute atomic E-state index is 12.9.